The first-order valence-electron chi connectivity index (χ1n) is 8.63. The number of ether oxygens (including phenoxy) is 3. The molecule has 1 N–H and O–H groups in total. The Balaban J connectivity index is 1.43. The summed E-state index contributed by atoms with van der Waals surface area (Å²) >= 11 is 5.93. The van der Waals surface area contributed by atoms with Crippen molar-refractivity contribution in [1.29, 1.82) is 0 Å². The molecule has 0 bridgehead atoms. The molecule has 1 heterocycles. The molecule has 0 spiro atoms. The average Bonchev–Trinajstić information content (AvgIpc) is 3.09. The summed E-state index contributed by atoms with van der Waals surface area (Å²) in [7, 11) is 1.99. The van der Waals surface area contributed by atoms with Gasteiger partial charge < -0.3 is 19.3 Å². The molecular formula is C20H24ClNO4. The van der Waals surface area contributed by atoms with Crippen molar-refractivity contribution >= 4 is 11.6 Å². The highest BCUT2D eigenvalue weighted by atomic mass is 35.5. The molecule has 0 radical (unpaired) electrons. The minimum Gasteiger partial charge on any atom is -0.454 e. The first-order valence-corrected chi connectivity index (χ1v) is 9.01. The van der Waals surface area contributed by atoms with Gasteiger partial charge in [0.15, 0.2) is 11.5 Å². The third-order valence-electron chi connectivity index (χ3n) is 4.53. The van der Waals surface area contributed by atoms with Gasteiger partial charge in [0.1, 0.15) is 0 Å². The standard InChI is InChI=1S/C20H24ClNO4/c1-14(16-4-6-17(21)7-5-16)22(2)10-18(23)12-24-11-15-3-8-19-20(9-15)26-13-25-19/h3-9,14,18,23H,10-13H2,1-2H3. The van der Waals surface area contributed by atoms with Crippen LogP contribution in [0.4, 0.5) is 0 Å². The smallest absolute Gasteiger partial charge is 0.231 e. The number of halogens is 1. The molecule has 6 heteroatoms. The van der Waals surface area contributed by atoms with Crippen LogP contribution in [0.3, 0.4) is 0 Å². The Kier molecular flexibility index (Phi) is 6.38. The number of aliphatic hydroxyl groups is 1. The topological polar surface area (TPSA) is 51.2 Å². The van der Waals surface area contributed by atoms with E-state index in [2.05, 4.69) is 11.8 Å². The first-order chi connectivity index (χ1) is 12.5. The second kappa shape index (κ2) is 8.73. The highest BCUT2D eigenvalue weighted by Gasteiger charge is 2.16. The van der Waals surface area contributed by atoms with Crippen molar-refractivity contribution in [3.63, 3.8) is 0 Å². The van der Waals surface area contributed by atoms with Gasteiger partial charge in [-0.3, -0.25) is 4.90 Å². The highest BCUT2D eigenvalue weighted by Crippen LogP contribution is 2.32. The molecule has 0 aliphatic carbocycles. The normalized spacial score (nSPS) is 15.3. The van der Waals surface area contributed by atoms with Gasteiger partial charge in [-0.25, -0.2) is 0 Å². The molecule has 0 fully saturated rings. The molecule has 2 atom stereocenters. The van der Waals surface area contributed by atoms with Crippen LogP contribution in [-0.4, -0.2) is 43.1 Å². The van der Waals surface area contributed by atoms with Gasteiger partial charge in [-0.05, 0) is 49.4 Å². The lowest BCUT2D eigenvalue weighted by atomic mass is 10.1. The van der Waals surface area contributed by atoms with E-state index in [-0.39, 0.29) is 19.4 Å². The quantitative estimate of drug-likeness (QED) is 0.761. The van der Waals surface area contributed by atoms with E-state index >= 15 is 0 Å². The summed E-state index contributed by atoms with van der Waals surface area (Å²) in [6.45, 7) is 3.57. The molecule has 0 aromatic heterocycles. The Morgan fingerprint density at radius 2 is 1.88 bits per heavy atom. The fourth-order valence-electron chi connectivity index (χ4n) is 2.88. The molecule has 1 aliphatic heterocycles. The molecule has 0 saturated heterocycles. The number of hydrogen-bond acceptors (Lipinski definition) is 5. The third-order valence-corrected chi connectivity index (χ3v) is 4.78. The van der Waals surface area contributed by atoms with Crippen molar-refractivity contribution < 1.29 is 19.3 Å². The van der Waals surface area contributed by atoms with Gasteiger partial charge in [-0.15, -0.1) is 0 Å². The molecule has 1 aliphatic rings. The molecular weight excluding hydrogens is 354 g/mol. The van der Waals surface area contributed by atoms with Crippen LogP contribution < -0.4 is 9.47 Å². The van der Waals surface area contributed by atoms with E-state index in [9.17, 15) is 5.11 Å². The molecule has 2 aromatic rings. The van der Waals surface area contributed by atoms with Crippen LogP contribution in [0.25, 0.3) is 0 Å². The SMILES string of the molecule is CC(c1ccc(Cl)cc1)N(C)CC(O)COCc1ccc2c(c1)OCO2. The van der Waals surface area contributed by atoms with Crippen LogP contribution in [0.1, 0.15) is 24.1 Å². The summed E-state index contributed by atoms with van der Waals surface area (Å²) in [6, 6.07) is 13.7. The number of rotatable bonds is 8. The minimum atomic E-state index is -0.566. The van der Waals surface area contributed by atoms with Gasteiger partial charge in [-0.1, -0.05) is 29.8 Å². The van der Waals surface area contributed by atoms with E-state index in [4.69, 9.17) is 25.8 Å². The van der Waals surface area contributed by atoms with E-state index < -0.39 is 6.10 Å². The number of aliphatic hydroxyl groups excluding tert-OH is 1. The number of benzene rings is 2. The van der Waals surface area contributed by atoms with Gasteiger partial charge in [-0.2, -0.15) is 0 Å². The van der Waals surface area contributed by atoms with Crippen LogP contribution in [-0.2, 0) is 11.3 Å². The highest BCUT2D eigenvalue weighted by molar-refractivity contribution is 6.30. The van der Waals surface area contributed by atoms with Crippen LogP contribution in [0.15, 0.2) is 42.5 Å². The summed E-state index contributed by atoms with van der Waals surface area (Å²) in [5.41, 5.74) is 2.15. The maximum atomic E-state index is 10.3. The van der Waals surface area contributed by atoms with Crippen LogP contribution in [0, 0.1) is 0 Å². The zero-order valence-corrected chi connectivity index (χ0v) is 15.8. The first kappa shape index (κ1) is 19.0. The zero-order valence-electron chi connectivity index (χ0n) is 15.0. The molecule has 0 saturated carbocycles. The largest absolute Gasteiger partial charge is 0.454 e. The molecule has 2 aromatic carbocycles. The number of nitrogens with zero attached hydrogens (tertiary/aromatic N) is 1. The Morgan fingerprint density at radius 1 is 1.15 bits per heavy atom. The van der Waals surface area contributed by atoms with Crippen LogP contribution >= 0.6 is 11.6 Å². The van der Waals surface area contributed by atoms with E-state index in [1.807, 2.05) is 49.5 Å². The second-order valence-electron chi connectivity index (χ2n) is 6.52. The minimum absolute atomic E-state index is 0.177. The van der Waals surface area contributed by atoms with Crippen molar-refractivity contribution in [2.45, 2.75) is 25.7 Å². The molecule has 3 rings (SSSR count). The van der Waals surface area contributed by atoms with Gasteiger partial charge in [0, 0.05) is 17.6 Å². The molecule has 140 valence electrons. The van der Waals surface area contributed by atoms with E-state index in [1.165, 1.54) is 0 Å². The summed E-state index contributed by atoms with van der Waals surface area (Å²) in [4.78, 5) is 2.10. The molecule has 5 nitrogen and oxygen atoms in total. The second-order valence-corrected chi connectivity index (χ2v) is 6.96. The summed E-state index contributed by atoms with van der Waals surface area (Å²) in [5.74, 6) is 1.50. The lowest BCUT2D eigenvalue weighted by Crippen LogP contribution is -2.34. The Morgan fingerprint density at radius 3 is 2.65 bits per heavy atom. The van der Waals surface area contributed by atoms with Crippen molar-refractivity contribution in [2.75, 3.05) is 27.0 Å². The lowest BCUT2D eigenvalue weighted by Gasteiger charge is -2.27. The van der Waals surface area contributed by atoms with E-state index in [0.717, 1.165) is 27.6 Å². The fourth-order valence-corrected chi connectivity index (χ4v) is 3.01. The summed E-state index contributed by atoms with van der Waals surface area (Å²) in [5, 5.41) is 11.0. The maximum Gasteiger partial charge on any atom is 0.231 e. The number of fused-ring (bicyclic) bond motifs is 1. The van der Waals surface area contributed by atoms with Crippen LogP contribution in [0.2, 0.25) is 5.02 Å². The van der Waals surface area contributed by atoms with Crippen molar-refractivity contribution in [3.8, 4) is 11.5 Å². The zero-order chi connectivity index (χ0) is 18.5. The van der Waals surface area contributed by atoms with Gasteiger partial charge in [0.25, 0.3) is 0 Å². The van der Waals surface area contributed by atoms with E-state index in [0.29, 0.717) is 13.2 Å². The number of hydrogen-bond donors (Lipinski definition) is 1. The van der Waals surface area contributed by atoms with Crippen LogP contribution in [0.5, 0.6) is 11.5 Å². The molecule has 0 amide bonds. The van der Waals surface area contributed by atoms with Gasteiger partial charge in [0.05, 0.1) is 19.3 Å². The Labute approximate surface area is 159 Å². The molecule has 26 heavy (non-hydrogen) atoms. The third kappa shape index (κ3) is 4.89. The van der Waals surface area contributed by atoms with Gasteiger partial charge in [0.2, 0.25) is 6.79 Å². The monoisotopic (exact) mass is 377 g/mol. The van der Waals surface area contributed by atoms with Gasteiger partial charge >= 0.3 is 0 Å². The number of likely N-dealkylation sites (N-methyl/N-ethyl adjacent to an activating group) is 1. The lowest BCUT2D eigenvalue weighted by molar-refractivity contribution is 0.00850. The van der Waals surface area contributed by atoms with Crippen molar-refractivity contribution in [1.82, 2.24) is 4.90 Å². The summed E-state index contributed by atoms with van der Waals surface area (Å²) in [6.07, 6.45) is -0.566. The maximum absolute atomic E-state index is 10.3. The average molecular weight is 378 g/mol. The predicted molar refractivity (Wildman–Crippen MR) is 101 cm³/mol. The Hall–Kier alpha value is -1.79. The van der Waals surface area contributed by atoms with Crippen molar-refractivity contribution in [3.05, 3.63) is 58.6 Å². The predicted octanol–water partition coefficient (Wildman–Crippen LogP) is 3.64. The Bertz CT molecular complexity index is 722. The van der Waals surface area contributed by atoms with E-state index in [1.54, 1.807) is 0 Å². The summed E-state index contributed by atoms with van der Waals surface area (Å²) < 4.78 is 16.3. The molecule has 2 unspecified atom stereocenters. The van der Waals surface area contributed by atoms with Crippen molar-refractivity contribution in [2.24, 2.45) is 0 Å². The fraction of sp³-hybridized carbons (Fsp3) is 0.400.